The molecule has 2 aromatic carbocycles. The van der Waals surface area contributed by atoms with Crippen LogP contribution in [0.4, 0.5) is 0 Å². The van der Waals surface area contributed by atoms with Crippen molar-refractivity contribution in [2.45, 2.75) is 63.4 Å². The van der Waals surface area contributed by atoms with E-state index in [1.807, 2.05) is 45.0 Å². The van der Waals surface area contributed by atoms with E-state index in [9.17, 15) is 27.9 Å². The summed E-state index contributed by atoms with van der Waals surface area (Å²) in [6.45, 7) is 6.26. The molecule has 41 heavy (non-hydrogen) atoms. The molecule has 3 aromatic rings. The average molecular weight is 583 g/mol. The van der Waals surface area contributed by atoms with Crippen molar-refractivity contribution in [3.63, 3.8) is 0 Å². The Balaban J connectivity index is 1.36. The van der Waals surface area contributed by atoms with Crippen molar-refractivity contribution in [1.82, 2.24) is 19.9 Å². The van der Waals surface area contributed by atoms with E-state index in [-0.39, 0.29) is 42.1 Å². The van der Waals surface area contributed by atoms with E-state index in [2.05, 4.69) is 15.0 Å². The fraction of sp³-hybridized carbons (Fsp3) is 0.433. The predicted molar refractivity (Wildman–Crippen MR) is 156 cm³/mol. The van der Waals surface area contributed by atoms with Gasteiger partial charge in [0.15, 0.2) is 0 Å². The minimum atomic E-state index is -3.91. The summed E-state index contributed by atoms with van der Waals surface area (Å²) in [5, 5.41) is 13.4. The van der Waals surface area contributed by atoms with Gasteiger partial charge in [0.1, 0.15) is 12.1 Å². The lowest BCUT2D eigenvalue weighted by atomic mass is 9.94. The van der Waals surface area contributed by atoms with Gasteiger partial charge in [-0.1, -0.05) is 49.7 Å². The van der Waals surface area contributed by atoms with Crippen LogP contribution in [0, 0.1) is 18.8 Å². The highest BCUT2D eigenvalue weighted by atomic mass is 32.2. The molecule has 1 fully saturated rings. The molecule has 11 heteroatoms. The molecule has 2 atom stereocenters. The lowest BCUT2D eigenvalue weighted by Crippen LogP contribution is -2.53. The molecule has 1 aliphatic rings. The minimum absolute atomic E-state index is 0.0677. The Labute approximate surface area is 240 Å². The molecule has 0 spiro atoms. The van der Waals surface area contributed by atoms with Crippen molar-refractivity contribution < 1.29 is 27.9 Å². The van der Waals surface area contributed by atoms with Crippen LogP contribution < -0.4 is 10.0 Å². The number of likely N-dealkylation sites (tertiary alicyclic amines) is 1. The second-order valence-electron chi connectivity index (χ2n) is 11.2. The highest BCUT2D eigenvalue weighted by Crippen LogP contribution is 2.22. The first kappa shape index (κ1) is 30.3. The zero-order chi connectivity index (χ0) is 29.7. The number of para-hydroxylation sites is 1. The van der Waals surface area contributed by atoms with Crippen LogP contribution in [-0.4, -0.2) is 66.4 Å². The van der Waals surface area contributed by atoms with Crippen molar-refractivity contribution in [3.05, 3.63) is 65.9 Å². The van der Waals surface area contributed by atoms with Gasteiger partial charge in [-0.2, -0.15) is 4.72 Å². The summed E-state index contributed by atoms with van der Waals surface area (Å²) in [6.07, 6.45) is 2.95. The number of carbonyl (C=O) groups is 3. The number of piperidine rings is 1. The van der Waals surface area contributed by atoms with Gasteiger partial charge < -0.3 is 20.3 Å². The number of aromatic nitrogens is 1. The van der Waals surface area contributed by atoms with Crippen molar-refractivity contribution >= 4 is 38.7 Å². The van der Waals surface area contributed by atoms with Gasteiger partial charge in [0, 0.05) is 42.5 Å². The number of nitrogens with one attached hydrogen (secondary N) is 3. The number of rotatable bonds is 11. The number of aryl methyl sites for hydroxylation is 1. The lowest BCUT2D eigenvalue weighted by Gasteiger charge is -2.34. The highest BCUT2D eigenvalue weighted by molar-refractivity contribution is 7.89. The molecular formula is C30H38N4O6S. The summed E-state index contributed by atoms with van der Waals surface area (Å²) >= 11 is 0. The molecule has 0 aliphatic carbocycles. The Hall–Kier alpha value is -3.70. The highest BCUT2D eigenvalue weighted by Gasteiger charge is 2.34. The van der Waals surface area contributed by atoms with E-state index in [4.69, 9.17) is 0 Å². The second-order valence-corrected chi connectivity index (χ2v) is 12.9. The number of aromatic amines is 1. The molecule has 4 rings (SSSR count). The number of carbonyl (C=O) groups excluding carboxylic acids is 2. The van der Waals surface area contributed by atoms with Crippen LogP contribution >= 0.6 is 0 Å². The molecule has 2 heterocycles. The number of benzene rings is 2. The first-order valence-electron chi connectivity index (χ1n) is 13.9. The molecule has 0 saturated carbocycles. The molecular weight excluding hydrogens is 544 g/mol. The normalized spacial score (nSPS) is 16.0. The van der Waals surface area contributed by atoms with E-state index in [1.165, 1.54) is 12.1 Å². The first-order valence-corrected chi connectivity index (χ1v) is 15.4. The molecule has 220 valence electrons. The van der Waals surface area contributed by atoms with Crippen molar-refractivity contribution in [3.8, 4) is 0 Å². The van der Waals surface area contributed by atoms with E-state index in [0.717, 1.165) is 22.0 Å². The molecule has 0 bridgehead atoms. The zero-order valence-electron chi connectivity index (χ0n) is 23.6. The maximum Gasteiger partial charge on any atom is 0.326 e. The van der Waals surface area contributed by atoms with Gasteiger partial charge in [-0.25, -0.2) is 13.2 Å². The smallest absolute Gasteiger partial charge is 0.326 e. The molecule has 1 aliphatic heterocycles. The third-order valence-electron chi connectivity index (χ3n) is 7.52. The number of carboxylic acids is 1. The number of fused-ring (bicyclic) bond motifs is 1. The van der Waals surface area contributed by atoms with Gasteiger partial charge in [0.25, 0.3) is 0 Å². The molecule has 4 N–H and O–H groups in total. The van der Waals surface area contributed by atoms with Crippen molar-refractivity contribution in [2.24, 2.45) is 11.8 Å². The first-order chi connectivity index (χ1) is 19.4. The quantitative estimate of drug-likeness (QED) is 0.273. The second kappa shape index (κ2) is 12.9. The van der Waals surface area contributed by atoms with Crippen molar-refractivity contribution in [2.75, 3.05) is 13.1 Å². The number of hydrogen-bond donors (Lipinski definition) is 4. The third kappa shape index (κ3) is 7.53. The van der Waals surface area contributed by atoms with Crippen LogP contribution in [-0.2, 0) is 30.8 Å². The Morgan fingerprint density at radius 3 is 2.32 bits per heavy atom. The Morgan fingerprint density at radius 1 is 1.02 bits per heavy atom. The van der Waals surface area contributed by atoms with Crippen LogP contribution in [0.2, 0.25) is 0 Å². The van der Waals surface area contributed by atoms with E-state index in [1.54, 1.807) is 23.2 Å². The number of nitrogens with zero attached hydrogens (tertiary/aromatic N) is 1. The molecule has 1 aromatic heterocycles. The molecule has 10 nitrogen and oxygen atoms in total. The maximum atomic E-state index is 13.4. The Bertz CT molecular complexity index is 1490. The van der Waals surface area contributed by atoms with Crippen LogP contribution in [0.1, 0.15) is 44.2 Å². The number of H-pyrrole nitrogens is 1. The maximum absolute atomic E-state index is 13.4. The van der Waals surface area contributed by atoms with Gasteiger partial charge in [-0.05, 0) is 55.9 Å². The molecule has 1 saturated heterocycles. The average Bonchev–Trinajstić information content (AvgIpc) is 3.34. The number of aliphatic carboxylic acids is 1. The van der Waals surface area contributed by atoms with E-state index in [0.29, 0.717) is 19.3 Å². The number of amides is 2. The van der Waals surface area contributed by atoms with Gasteiger partial charge >= 0.3 is 5.97 Å². The van der Waals surface area contributed by atoms with Crippen molar-refractivity contribution in [1.29, 1.82) is 0 Å². The predicted octanol–water partition coefficient (Wildman–Crippen LogP) is 3.22. The summed E-state index contributed by atoms with van der Waals surface area (Å²) in [5.74, 6) is -2.18. The Kier molecular flexibility index (Phi) is 9.49. The third-order valence-corrected chi connectivity index (χ3v) is 9.01. The van der Waals surface area contributed by atoms with Crippen LogP contribution in [0.3, 0.4) is 0 Å². The summed E-state index contributed by atoms with van der Waals surface area (Å²) in [7, 11) is -3.91. The fourth-order valence-corrected chi connectivity index (χ4v) is 6.44. The molecule has 0 radical (unpaired) electrons. The van der Waals surface area contributed by atoms with Gasteiger partial charge in [-0.3, -0.25) is 9.59 Å². The summed E-state index contributed by atoms with van der Waals surface area (Å²) in [5.41, 5.74) is 2.63. The van der Waals surface area contributed by atoms with Gasteiger partial charge in [-0.15, -0.1) is 0 Å². The monoisotopic (exact) mass is 582 g/mol. The van der Waals surface area contributed by atoms with Crippen LogP contribution in [0.25, 0.3) is 10.9 Å². The minimum Gasteiger partial charge on any atom is -0.480 e. The van der Waals surface area contributed by atoms with Crippen LogP contribution in [0.15, 0.2) is 59.6 Å². The van der Waals surface area contributed by atoms with Gasteiger partial charge in [0.05, 0.1) is 4.90 Å². The molecule has 0 unspecified atom stereocenters. The number of sulfonamides is 1. The standard InChI is InChI=1S/C30H38N4O6S/c1-19(2)16-26(33-41(39,40)23-10-8-20(3)9-11-23)29(36)34-14-12-21(13-15-34)28(35)32-27(30(37)38)17-22-18-31-25-7-5-4-6-24(22)25/h4-11,18-19,21,26-27,31,33H,12-17H2,1-3H3,(H,32,35)(H,37,38)/t26-,27-/m0/s1. The topological polar surface area (TPSA) is 149 Å². The summed E-state index contributed by atoms with van der Waals surface area (Å²) < 4.78 is 28.6. The van der Waals surface area contributed by atoms with E-state index < -0.39 is 34.0 Å². The van der Waals surface area contributed by atoms with Gasteiger partial charge in [0.2, 0.25) is 21.8 Å². The number of hydrogen-bond acceptors (Lipinski definition) is 5. The largest absolute Gasteiger partial charge is 0.480 e. The number of carboxylic acid groups (broad SMARTS) is 1. The summed E-state index contributed by atoms with van der Waals surface area (Å²) in [4.78, 5) is 43.3. The van der Waals surface area contributed by atoms with E-state index >= 15 is 0 Å². The fourth-order valence-electron chi connectivity index (χ4n) is 5.24. The van der Waals surface area contributed by atoms with Crippen LogP contribution in [0.5, 0.6) is 0 Å². The zero-order valence-corrected chi connectivity index (χ0v) is 24.4. The SMILES string of the molecule is Cc1ccc(S(=O)(=O)N[C@@H](CC(C)C)C(=O)N2CCC(C(=O)N[C@@H](Cc3c[nH]c4ccccc34)C(=O)O)CC2)cc1. The molecule has 2 amide bonds. The summed E-state index contributed by atoms with van der Waals surface area (Å²) in [6, 6.07) is 12.0. The Morgan fingerprint density at radius 2 is 1.68 bits per heavy atom. The lowest BCUT2D eigenvalue weighted by molar-refractivity contribution is -0.143.